The molecule has 12 heteroatoms. The van der Waals surface area contributed by atoms with Gasteiger partial charge >= 0.3 is 0 Å². The zero-order chi connectivity index (χ0) is 30.5. The number of hydrogen-bond donors (Lipinski definition) is 2. The van der Waals surface area contributed by atoms with Crippen LogP contribution in [0, 0.1) is 0 Å². The molecule has 222 valence electrons. The fraction of sp³-hybridized carbons (Fsp3) is 0.226. The zero-order valence-electron chi connectivity index (χ0n) is 23.7. The van der Waals surface area contributed by atoms with Gasteiger partial charge in [0.2, 0.25) is 12.7 Å². The lowest BCUT2D eigenvalue weighted by Gasteiger charge is -2.15. The molecule has 0 aromatic heterocycles. The van der Waals surface area contributed by atoms with E-state index < -0.39 is 23.6 Å². The van der Waals surface area contributed by atoms with Crippen LogP contribution in [0.25, 0.3) is 6.08 Å². The van der Waals surface area contributed by atoms with Crippen LogP contribution in [0.3, 0.4) is 0 Å². The molecule has 0 bridgehead atoms. The Labute approximate surface area is 252 Å². The van der Waals surface area contributed by atoms with Crippen molar-refractivity contribution in [2.45, 2.75) is 19.8 Å². The summed E-state index contributed by atoms with van der Waals surface area (Å²) in [6, 6.07) is 17.4. The summed E-state index contributed by atoms with van der Waals surface area (Å²) in [6.45, 7) is 3.51. The maximum atomic E-state index is 13.0. The van der Waals surface area contributed by atoms with Gasteiger partial charge in [-0.1, -0.05) is 38.1 Å². The van der Waals surface area contributed by atoms with Crippen LogP contribution in [0.2, 0.25) is 0 Å². The molecule has 0 atom stereocenters. The fourth-order valence-electron chi connectivity index (χ4n) is 4.44. The molecule has 4 amide bonds. The van der Waals surface area contributed by atoms with Crippen LogP contribution in [-0.4, -0.2) is 54.9 Å². The summed E-state index contributed by atoms with van der Waals surface area (Å²) in [7, 11) is 1.46. The van der Waals surface area contributed by atoms with E-state index in [1.54, 1.807) is 36.4 Å². The third-order valence-electron chi connectivity index (χ3n) is 6.53. The third-order valence-corrected chi connectivity index (χ3v) is 7.44. The summed E-state index contributed by atoms with van der Waals surface area (Å²) in [5, 5.41) is 4.98. The van der Waals surface area contributed by atoms with Gasteiger partial charge in [0.25, 0.3) is 17.1 Å². The molecule has 3 aromatic carbocycles. The minimum absolute atomic E-state index is 0.0998. The molecule has 2 aliphatic heterocycles. The van der Waals surface area contributed by atoms with Gasteiger partial charge in [0.15, 0.2) is 29.6 Å². The van der Waals surface area contributed by atoms with E-state index in [1.807, 2.05) is 38.1 Å². The van der Waals surface area contributed by atoms with Gasteiger partial charge in [-0.3, -0.25) is 24.1 Å². The van der Waals surface area contributed by atoms with Crippen LogP contribution in [0.15, 0.2) is 65.6 Å². The highest BCUT2D eigenvalue weighted by Crippen LogP contribution is 2.36. The number of benzene rings is 3. The summed E-state index contributed by atoms with van der Waals surface area (Å²) in [5.74, 6) is 0.524. The molecule has 0 unspecified atom stereocenters. The van der Waals surface area contributed by atoms with Crippen LogP contribution in [-0.2, 0) is 14.4 Å². The average molecular weight is 604 g/mol. The standard InChI is InChI=1S/C31H29N3O8S/c1-18(2)21-6-4-5-7-22(21)33-29(36)16-40-23-10-8-19(12-25(23)39-3)13-27-30(37)34(31(38)43-27)15-28(35)32-20-9-11-24-26(14-20)42-17-41-24/h4-14,18H,15-17H2,1-3H3,(H,32,35)(H,33,36)/b27-13-. The van der Waals surface area contributed by atoms with E-state index >= 15 is 0 Å². The second-order valence-corrected chi connectivity index (χ2v) is 10.9. The van der Waals surface area contributed by atoms with Crippen molar-refractivity contribution < 1.29 is 38.1 Å². The summed E-state index contributed by atoms with van der Waals surface area (Å²) in [4.78, 5) is 51.7. The Bertz CT molecular complexity index is 1620. The number of ether oxygens (including phenoxy) is 4. The number of rotatable bonds is 10. The number of nitrogens with zero attached hydrogens (tertiary/aromatic N) is 1. The summed E-state index contributed by atoms with van der Waals surface area (Å²) in [6.07, 6.45) is 1.53. The SMILES string of the molecule is COc1cc(/C=C2\SC(=O)N(CC(=O)Nc3ccc4c(c3)OCO4)C2=O)ccc1OCC(=O)Nc1ccccc1C(C)C. The fourth-order valence-corrected chi connectivity index (χ4v) is 5.28. The van der Waals surface area contributed by atoms with E-state index in [4.69, 9.17) is 18.9 Å². The molecule has 2 heterocycles. The number of carbonyl (C=O) groups is 4. The van der Waals surface area contributed by atoms with Crippen LogP contribution in [0.1, 0.15) is 30.9 Å². The first-order chi connectivity index (χ1) is 20.7. The first-order valence-electron chi connectivity index (χ1n) is 13.4. The number of amides is 4. The van der Waals surface area contributed by atoms with Gasteiger partial charge in [0, 0.05) is 17.4 Å². The highest BCUT2D eigenvalue weighted by molar-refractivity contribution is 8.18. The normalized spacial score (nSPS) is 14.8. The predicted octanol–water partition coefficient (Wildman–Crippen LogP) is 5.24. The van der Waals surface area contributed by atoms with Gasteiger partial charge < -0.3 is 29.6 Å². The Kier molecular flexibility index (Phi) is 8.86. The van der Waals surface area contributed by atoms with E-state index in [9.17, 15) is 19.2 Å². The van der Waals surface area contributed by atoms with Crippen molar-refractivity contribution in [2.24, 2.45) is 0 Å². The molecule has 1 saturated heterocycles. The number of para-hydroxylation sites is 1. The number of fused-ring (bicyclic) bond motifs is 1. The molecule has 0 radical (unpaired) electrons. The minimum Gasteiger partial charge on any atom is -0.493 e. The lowest BCUT2D eigenvalue weighted by Crippen LogP contribution is -2.36. The number of thioether (sulfide) groups is 1. The lowest BCUT2D eigenvalue weighted by atomic mass is 10.0. The van der Waals surface area contributed by atoms with Gasteiger partial charge in [0.1, 0.15) is 6.54 Å². The Hall–Kier alpha value is -4.97. The highest BCUT2D eigenvalue weighted by Gasteiger charge is 2.36. The van der Waals surface area contributed by atoms with Crippen LogP contribution < -0.4 is 29.6 Å². The van der Waals surface area contributed by atoms with Crippen LogP contribution in [0.5, 0.6) is 23.0 Å². The van der Waals surface area contributed by atoms with Crippen LogP contribution in [0.4, 0.5) is 16.2 Å². The van der Waals surface area contributed by atoms with Crippen LogP contribution >= 0.6 is 11.8 Å². The summed E-state index contributed by atoms with van der Waals surface area (Å²) < 4.78 is 21.7. The Balaban J connectivity index is 1.20. The Morgan fingerprint density at radius 2 is 1.77 bits per heavy atom. The number of hydrogen-bond acceptors (Lipinski definition) is 9. The molecule has 5 rings (SSSR count). The van der Waals surface area contributed by atoms with Crippen molar-refractivity contribution >= 4 is 52.2 Å². The smallest absolute Gasteiger partial charge is 0.294 e. The van der Waals surface area contributed by atoms with Crippen molar-refractivity contribution in [3.05, 3.63) is 76.7 Å². The first-order valence-corrected chi connectivity index (χ1v) is 14.2. The quantitative estimate of drug-likeness (QED) is 0.299. The molecule has 2 N–H and O–H groups in total. The number of nitrogens with one attached hydrogen (secondary N) is 2. The zero-order valence-corrected chi connectivity index (χ0v) is 24.5. The van der Waals surface area contributed by atoms with Gasteiger partial charge in [-0.05, 0) is 65.2 Å². The van der Waals surface area contributed by atoms with E-state index in [2.05, 4.69) is 10.6 Å². The number of methoxy groups -OCH3 is 1. The van der Waals surface area contributed by atoms with Crippen molar-refractivity contribution in [3.63, 3.8) is 0 Å². The molecule has 0 spiro atoms. The highest BCUT2D eigenvalue weighted by atomic mass is 32.2. The number of carbonyl (C=O) groups excluding carboxylic acids is 4. The second-order valence-electron chi connectivity index (χ2n) is 9.87. The Morgan fingerprint density at radius 3 is 2.56 bits per heavy atom. The first kappa shape index (κ1) is 29.5. The Morgan fingerprint density at radius 1 is 0.977 bits per heavy atom. The van der Waals surface area contributed by atoms with Crippen molar-refractivity contribution in [3.8, 4) is 23.0 Å². The maximum Gasteiger partial charge on any atom is 0.294 e. The molecule has 1 fully saturated rings. The molecule has 0 aliphatic carbocycles. The van der Waals surface area contributed by atoms with Crippen molar-refractivity contribution in [2.75, 3.05) is 37.7 Å². The van der Waals surface area contributed by atoms with E-state index in [0.29, 0.717) is 34.2 Å². The summed E-state index contributed by atoms with van der Waals surface area (Å²) in [5.41, 5.74) is 2.76. The van der Waals surface area contributed by atoms with Gasteiger partial charge in [-0.15, -0.1) is 0 Å². The molecule has 2 aliphatic rings. The molecule has 43 heavy (non-hydrogen) atoms. The summed E-state index contributed by atoms with van der Waals surface area (Å²) >= 11 is 0.734. The van der Waals surface area contributed by atoms with E-state index in [1.165, 1.54) is 13.2 Å². The molecular formula is C31H29N3O8S. The van der Waals surface area contributed by atoms with Gasteiger partial charge in [0.05, 0.1) is 12.0 Å². The van der Waals surface area contributed by atoms with Gasteiger partial charge in [-0.2, -0.15) is 0 Å². The molecular weight excluding hydrogens is 574 g/mol. The van der Waals surface area contributed by atoms with Crippen molar-refractivity contribution in [1.82, 2.24) is 4.90 Å². The minimum atomic E-state index is -0.589. The second kappa shape index (κ2) is 12.9. The monoisotopic (exact) mass is 603 g/mol. The largest absolute Gasteiger partial charge is 0.493 e. The van der Waals surface area contributed by atoms with E-state index in [0.717, 1.165) is 27.9 Å². The van der Waals surface area contributed by atoms with Crippen molar-refractivity contribution in [1.29, 1.82) is 0 Å². The molecule has 11 nitrogen and oxygen atoms in total. The lowest BCUT2D eigenvalue weighted by molar-refractivity contribution is -0.127. The maximum absolute atomic E-state index is 13.0. The number of anilines is 2. The molecule has 3 aromatic rings. The number of imide groups is 1. The molecule has 0 saturated carbocycles. The van der Waals surface area contributed by atoms with Gasteiger partial charge in [-0.25, -0.2) is 0 Å². The average Bonchev–Trinajstić information content (AvgIpc) is 3.56. The topological polar surface area (TPSA) is 133 Å². The third kappa shape index (κ3) is 6.92. The van der Waals surface area contributed by atoms with E-state index in [-0.39, 0.29) is 30.1 Å². The predicted molar refractivity (Wildman–Crippen MR) is 162 cm³/mol.